The Hall–Kier alpha value is -1.85. The molecule has 1 aromatic heterocycles. The van der Waals surface area contributed by atoms with Crippen LogP contribution in [-0.2, 0) is 0 Å². The van der Waals surface area contributed by atoms with Crippen molar-refractivity contribution < 1.29 is 4.92 Å². The molecule has 134 valence electrons. The highest BCUT2D eigenvalue weighted by molar-refractivity contribution is 5.63. The van der Waals surface area contributed by atoms with E-state index >= 15 is 0 Å². The predicted octanol–water partition coefficient (Wildman–Crippen LogP) is 3.46. The summed E-state index contributed by atoms with van der Waals surface area (Å²) in [5.41, 5.74) is 0.170. The lowest BCUT2D eigenvalue weighted by atomic mass is 10.0. The van der Waals surface area contributed by atoms with Crippen molar-refractivity contribution in [2.24, 2.45) is 23.7 Å². The standard InChI is InChI=1S/C19H26N4O2/c24-23(25)17-7-8-18(21-9-13-3-1-4-14(13)10-21)20-19(17)22-11-15-5-2-6-16(15)12-22/h7-8,13-16H,1-6,9-12H2. The van der Waals surface area contributed by atoms with E-state index in [1.807, 2.05) is 6.07 Å². The second-order valence-corrected chi connectivity index (χ2v) is 8.48. The zero-order valence-corrected chi connectivity index (χ0v) is 14.6. The lowest BCUT2D eigenvalue weighted by molar-refractivity contribution is -0.384. The number of aromatic nitrogens is 1. The Balaban J connectivity index is 1.43. The van der Waals surface area contributed by atoms with E-state index in [0.29, 0.717) is 17.7 Å². The lowest BCUT2D eigenvalue weighted by Gasteiger charge is -2.23. The summed E-state index contributed by atoms with van der Waals surface area (Å²) in [5.74, 6) is 4.55. The van der Waals surface area contributed by atoms with Gasteiger partial charge in [-0.2, -0.15) is 0 Å². The van der Waals surface area contributed by atoms with Gasteiger partial charge in [-0.05, 0) is 55.4 Å². The number of anilines is 2. The van der Waals surface area contributed by atoms with Crippen molar-refractivity contribution >= 4 is 17.3 Å². The topological polar surface area (TPSA) is 62.5 Å². The number of pyridine rings is 1. The number of nitrogens with zero attached hydrogens (tertiary/aromatic N) is 4. The van der Waals surface area contributed by atoms with Crippen LogP contribution in [0.4, 0.5) is 17.3 Å². The molecule has 4 unspecified atom stereocenters. The van der Waals surface area contributed by atoms with Crippen LogP contribution in [0.25, 0.3) is 0 Å². The van der Waals surface area contributed by atoms with Gasteiger partial charge in [0.25, 0.3) is 0 Å². The third-order valence-electron chi connectivity index (χ3n) is 7.11. The van der Waals surface area contributed by atoms with Gasteiger partial charge in [0.15, 0.2) is 0 Å². The van der Waals surface area contributed by atoms with Gasteiger partial charge >= 0.3 is 5.69 Å². The predicted molar refractivity (Wildman–Crippen MR) is 97.0 cm³/mol. The second-order valence-electron chi connectivity index (χ2n) is 8.48. The van der Waals surface area contributed by atoms with E-state index in [1.165, 1.54) is 38.5 Å². The number of hydrogen-bond donors (Lipinski definition) is 0. The lowest BCUT2D eigenvalue weighted by Crippen LogP contribution is -2.26. The third kappa shape index (κ3) is 2.57. The maximum Gasteiger partial charge on any atom is 0.311 e. The average molecular weight is 342 g/mol. The minimum atomic E-state index is -0.265. The van der Waals surface area contributed by atoms with Crippen molar-refractivity contribution in [1.29, 1.82) is 0 Å². The molecule has 4 fully saturated rings. The third-order valence-corrected chi connectivity index (χ3v) is 7.11. The molecule has 2 saturated heterocycles. The van der Waals surface area contributed by atoms with Crippen LogP contribution in [0.1, 0.15) is 38.5 Å². The number of hydrogen-bond acceptors (Lipinski definition) is 5. The van der Waals surface area contributed by atoms with Crippen LogP contribution in [0, 0.1) is 33.8 Å². The number of fused-ring (bicyclic) bond motifs is 2. The van der Waals surface area contributed by atoms with Crippen molar-refractivity contribution in [2.75, 3.05) is 36.0 Å². The van der Waals surface area contributed by atoms with Gasteiger partial charge < -0.3 is 9.80 Å². The smallest absolute Gasteiger partial charge is 0.311 e. The number of nitro groups is 1. The van der Waals surface area contributed by atoms with E-state index < -0.39 is 0 Å². The van der Waals surface area contributed by atoms with E-state index in [4.69, 9.17) is 4.98 Å². The highest BCUT2D eigenvalue weighted by Crippen LogP contribution is 2.43. The highest BCUT2D eigenvalue weighted by atomic mass is 16.6. The molecule has 0 bridgehead atoms. The first-order chi connectivity index (χ1) is 12.2. The quantitative estimate of drug-likeness (QED) is 0.622. The molecular formula is C19H26N4O2. The van der Waals surface area contributed by atoms with Gasteiger partial charge in [0, 0.05) is 32.2 Å². The summed E-state index contributed by atoms with van der Waals surface area (Å²) in [6, 6.07) is 3.54. The fourth-order valence-corrected chi connectivity index (χ4v) is 5.81. The summed E-state index contributed by atoms with van der Waals surface area (Å²) in [6.45, 7) is 4.01. The molecule has 0 aromatic carbocycles. The molecule has 0 amide bonds. The Kier molecular flexibility index (Phi) is 3.61. The summed E-state index contributed by atoms with van der Waals surface area (Å²) in [6.07, 6.45) is 7.87. The molecule has 2 aliphatic heterocycles. The van der Waals surface area contributed by atoms with E-state index in [-0.39, 0.29) is 10.6 Å². The fraction of sp³-hybridized carbons (Fsp3) is 0.737. The van der Waals surface area contributed by atoms with Crippen molar-refractivity contribution in [1.82, 2.24) is 4.98 Å². The summed E-state index contributed by atoms with van der Waals surface area (Å²) in [5, 5.41) is 11.5. The molecule has 0 spiro atoms. The maximum absolute atomic E-state index is 11.5. The second kappa shape index (κ2) is 5.85. The van der Waals surface area contributed by atoms with E-state index in [2.05, 4.69) is 9.80 Å². The van der Waals surface area contributed by atoms with Crippen molar-refractivity contribution in [3.63, 3.8) is 0 Å². The molecule has 3 heterocycles. The fourth-order valence-electron chi connectivity index (χ4n) is 5.81. The first-order valence-corrected chi connectivity index (χ1v) is 9.84. The van der Waals surface area contributed by atoms with Crippen LogP contribution in [0.3, 0.4) is 0 Å². The average Bonchev–Trinajstić information content (AvgIpc) is 3.33. The van der Waals surface area contributed by atoms with Gasteiger partial charge in [-0.25, -0.2) is 4.98 Å². The van der Waals surface area contributed by atoms with Gasteiger partial charge in [-0.1, -0.05) is 12.8 Å². The van der Waals surface area contributed by atoms with Gasteiger partial charge in [0.2, 0.25) is 5.82 Å². The summed E-state index contributed by atoms with van der Waals surface area (Å²) >= 11 is 0. The van der Waals surface area contributed by atoms with Gasteiger partial charge in [-0.3, -0.25) is 10.1 Å². The molecule has 1 aromatic rings. The van der Waals surface area contributed by atoms with E-state index in [9.17, 15) is 10.1 Å². The normalized spacial score (nSPS) is 33.8. The molecule has 2 aliphatic carbocycles. The summed E-state index contributed by atoms with van der Waals surface area (Å²) in [7, 11) is 0. The molecule has 6 heteroatoms. The highest BCUT2D eigenvalue weighted by Gasteiger charge is 2.40. The Labute approximate surface area is 148 Å². The number of rotatable bonds is 3. The monoisotopic (exact) mass is 342 g/mol. The van der Waals surface area contributed by atoms with Crippen LogP contribution in [-0.4, -0.2) is 36.1 Å². The largest absolute Gasteiger partial charge is 0.356 e. The van der Waals surface area contributed by atoms with Gasteiger partial charge in [0.05, 0.1) is 4.92 Å². The Morgan fingerprint density at radius 1 is 0.880 bits per heavy atom. The SMILES string of the molecule is O=[N+]([O-])c1ccc(N2CC3CCCC3C2)nc1N1CC2CCCC2C1. The van der Waals surface area contributed by atoms with Crippen LogP contribution < -0.4 is 9.80 Å². The first kappa shape index (κ1) is 15.4. The zero-order valence-electron chi connectivity index (χ0n) is 14.6. The summed E-state index contributed by atoms with van der Waals surface area (Å²) < 4.78 is 0. The summed E-state index contributed by atoms with van der Waals surface area (Å²) in [4.78, 5) is 20.6. The van der Waals surface area contributed by atoms with Crippen molar-refractivity contribution in [2.45, 2.75) is 38.5 Å². The minimum absolute atomic E-state index is 0.170. The Bertz CT molecular complexity index is 670. The molecule has 4 aliphatic rings. The minimum Gasteiger partial charge on any atom is -0.356 e. The Morgan fingerprint density at radius 2 is 1.40 bits per heavy atom. The van der Waals surface area contributed by atoms with Crippen LogP contribution in [0.5, 0.6) is 0 Å². The van der Waals surface area contributed by atoms with Crippen molar-refractivity contribution in [3.8, 4) is 0 Å². The van der Waals surface area contributed by atoms with E-state index in [0.717, 1.165) is 43.8 Å². The Morgan fingerprint density at radius 3 is 1.92 bits per heavy atom. The molecular weight excluding hydrogens is 316 g/mol. The molecule has 25 heavy (non-hydrogen) atoms. The zero-order chi connectivity index (χ0) is 17.0. The molecule has 4 atom stereocenters. The van der Waals surface area contributed by atoms with Crippen LogP contribution in [0.15, 0.2) is 12.1 Å². The molecule has 2 saturated carbocycles. The first-order valence-electron chi connectivity index (χ1n) is 9.84. The maximum atomic E-state index is 11.5. The van der Waals surface area contributed by atoms with E-state index in [1.54, 1.807) is 6.07 Å². The van der Waals surface area contributed by atoms with Crippen molar-refractivity contribution in [3.05, 3.63) is 22.2 Å². The molecule has 0 radical (unpaired) electrons. The molecule has 5 rings (SSSR count). The molecule has 0 N–H and O–H groups in total. The van der Waals surface area contributed by atoms with Crippen LogP contribution >= 0.6 is 0 Å². The van der Waals surface area contributed by atoms with Crippen LogP contribution in [0.2, 0.25) is 0 Å². The van der Waals surface area contributed by atoms with Gasteiger partial charge in [0.1, 0.15) is 5.82 Å². The molecule has 6 nitrogen and oxygen atoms in total. The van der Waals surface area contributed by atoms with Gasteiger partial charge in [-0.15, -0.1) is 0 Å².